The third kappa shape index (κ3) is 6.83. The number of hydrogen-bond acceptors (Lipinski definition) is 0. The van der Waals surface area contributed by atoms with Gasteiger partial charge in [-0.3, -0.25) is 0 Å². The van der Waals surface area contributed by atoms with Crippen molar-refractivity contribution in [3.63, 3.8) is 0 Å². The smallest absolute Gasteiger partial charge is 0.197 e. The van der Waals surface area contributed by atoms with Gasteiger partial charge in [-0.1, -0.05) is 167 Å². The molecule has 2 aliphatic heterocycles. The van der Waals surface area contributed by atoms with Crippen LogP contribution in [-0.4, -0.2) is 0 Å². The number of aromatic nitrogens is 2. The molecule has 2 aromatic heterocycles. The fraction of sp³-hybridized carbons (Fsp3) is 0.182. The van der Waals surface area contributed by atoms with Gasteiger partial charge in [0.1, 0.15) is 0 Å². The lowest BCUT2D eigenvalue weighted by molar-refractivity contribution is -0.731. The Labute approximate surface area is 401 Å². The van der Waals surface area contributed by atoms with Crippen molar-refractivity contribution in [2.45, 2.75) is 76.8 Å². The molecule has 0 spiro atoms. The van der Waals surface area contributed by atoms with Crippen LogP contribution in [0.25, 0.3) is 88.6 Å². The Morgan fingerprint density at radius 1 is 0.471 bits per heavy atom. The summed E-state index contributed by atoms with van der Waals surface area (Å²) in [5.41, 5.74) is 19.4. The first-order valence-electron chi connectivity index (χ1n) is 25.1. The zero-order valence-electron chi connectivity index (χ0n) is 39.5. The minimum absolute atomic E-state index is 0.177. The van der Waals surface area contributed by atoms with Crippen molar-refractivity contribution in [3.05, 3.63) is 229 Å². The average molecular weight is 879 g/mol. The third-order valence-electron chi connectivity index (χ3n) is 15.8. The molecular weight excluding hydrogens is 821 g/mol. The highest BCUT2D eigenvalue weighted by molar-refractivity contribution is 5.97. The molecule has 2 aliphatic rings. The third-order valence-corrected chi connectivity index (χ3v) is 15.8. The van der Waals surface area contributed by atoms with Gasteiger partial charge in [0.25, 0.3) is 0 Å². The van der Waals surface area contributed by atoms with E-state index < -0.39 is 0 Å². The van der Waals surface area contributed by atoms with Gasteiger partial charge in [0.2, 0.25) is 11.4 Å². The average Bonchev–Trinajstić information content (AvgIpc) is 3.41. The molecule has 0 saturated heterocycles. The number of rotatable bonds is 10. The van der Waals surface area contributed by atoms with Gasteiger partial charge in [-0.2, -0.15) is 9.13 Å². The molecule has 8 aromatic carbocycles. The van der Waals surface area contributed by atoms with E-state index in [0.29, 0.717) is 0 Å². The molecule has 0 radical (unpaired) electrons. The number of aryl methyl sites for hydroxylation is 1. The van der Waals surface area contributed by atoms with Crippen LogP contribution in [0, 0.1) is 0 Å². The Morgan fingerprint density at radius 3 is 1.82 bits per heavy atom. The first-order valence-corrected chi connectivity index (χ1v) is 25.1. The van der Waals surface area contributed by atoms with E-state index in [-0.39, 0.29) is 17.4 Å². The Balaban J connectivity index is 1.03. The second-order valence-corrected chi connectivity index (χ2v) is 19.3. The van der Waals surface area contributed by atoms with Crippen LogP contribution < -0.4 is 9.13 Å². The van der Waals surface area contributed by atoms with Crippen LogP contribution >= 0.6 is 0 Å². The lowest BCUT2D eigenvalue weighted by atomic mass is 9.57. The second kappa shape index (κ2) is 17.3. The maximum absolute atomic E-state index is 2.70. The molecule has 4 heterocycles. The number of hydrogen-bond donors (Lipinski definition) is 0. The van der Waals surface area contributed by atoms with Gasteiger partial charge in [-0.25, -0.2) is 0 Å². The summed E-state index contributed by atoms with van der Waals surface area (Å²) in [6.45, 7) is 8.09. The molecule has 3 unspecified atom stereocenters. The van der Waals surface area contributed by atoms with E-state index in [4.69, 9.17) is 0 Å². The van der Waals surface area contributed by atoms with Crippen LogP contribution in [0.2, 0.25) is 0 Å². The highest BCUT2D eigenvalue weighted by atomic mass is 15.1. The van der Waals surface area contributed by atoms with Crippen molar-refractivity contribution in [1.82, 2.24) is 0 Å². The topological polar surface area (TPSA) is 7.76 Å². The second-order valence-electron chi connectivity index (χ2n) is 19.3. The van der Waals surface area contributed by atoms with Gasteiger partial charge in [0, 0.05) is 18.6 Å². The molecule has 0 aliphatic carbocycles. The van der Waals surface area contributed by atoms with E-state index >= 15 is 0 Å². The van der Waals surface area contributed by atoms with Gasteiger partial charge in [0.15, 0.2) is 25.0 Å². The van der Waals surface area contributed by atoms with Crippen LogP contribution in [0.4, 0.5) is 0 Å². The van der Waals surface area contributed by atoms with Crippen molar-refractivity contribution in [3.8, 4) is 67.0 Å². The molecule has 0 amide bonds. The van der Waals surface area contributed by atoms with E-state index in [0.717, 1.165) is 25.8 Å². The van der Waals surface area contributed by atoms with Crippen molar-refractivity contribution in [1.29, 1.82) is 0 Å². The Kier molecular flexibility index (Phi) is 10.7. The van der Waals surface area contributed by atoms with Crippen molar-refractivity contribution < 1.29 is 9.13 Å². The SMILES string of the molecule is CCCCc1cccc2c3[n+](ccc12)C(CC)C(CC)(C1C[n+]2ccc4ccccc4c2-c2cc(-c4cccc(-c5cc(-c6ccccc6)cc(-c6ccccc6)c5)c4)ccc21)c1ccccc1-3. The molecule has 12 rings (SSSR count). The van der Waals surface area contributed by atoms with Gasteiger partial charge in [0.05, 0.1) is 33.2 Å². The van der Waals surface area contributed by atoms with E-state index in [2.05, 4.69) is 242 Å². The zero-order chi connectivity index (χ0) is 45.8. The summed E-state index contributed by atoms with van der Waals surface area (Å²) in [5, 5.41) is 5.36. The quantitative estimate of drug-likeness (QED) is 0.121. The lowest BCUT2D eigenvalue weighted by Gasteiger charge is -2.47. The Hall–Kier alpha value is -7.42. The fourth-order valence-corrected chi connectivity index (χ4v) is 12.6. The highest BCUT2D eigenvalue weighted by Gasteiger charge is 2.58. The van der Waals surface area contributed by atoms with Crippen LogP contribution in [-0.2, 0) is 18.4 Å². The van der Waals surface area contributed by atoms with E-state index in [1.807, 2.05) is 0 Å². The molecule has 68 heavy (non-hydrogen) atoms. The molecule has 3 atom stereocenters. The Bertz CT molecular complexity index is 3460. The summed E-state index contributed by atoms with van der Waals surface area (Å²) >= 11 is 0. The molecule has 10 aromatic rings. The summed E-state index contributed by atoms with van der Waals surface area (Å²) in [4.78, 5) is 0. The van der Waals surface area contributed by atoms with E-state index in [1.54, 1.807) is 0 Å². The summed E-state index contributed by atoms with van der Waals surface area (Å²) in [5.74, 6) is 0.219. The Morgan fingerprint density at radius 2 is 1.09 bits per heavy atom. The minimum atomic E-state index is -0.177. The van der Waals surface area contributed by atoms with Crippen LogP contribution in [0.3, 0.4) is 0 Å². The molecule has 0 N–H and O–H groups in total. The number of unbranched alkanes of at least 4 members (excludes halogenated alkanes) is 1. The minimum Gasteiger partial charge on any atom is -0.197 e. The number of pyridine rings is 2. The number of benzene rings is 8. The summed E-state index contributed by atoms with van der Waals surface area (Å²) < 4.78 is 5.30. The number of nitrogens with zero attached hydrogens (tertiary/aromatic N) is 2. The van der Waals surface area contributed by atoms with Crippen LogP contribution in [0.1, 0.15) is 75.1 Å². The first kappa shape index (κ1) is 42.0. The predicted molar refractivity (Wildman–Crippen MR) is 284 cm³/mol. The fourth-order valence-electron chi connectivity index (χ4n) is 12.6. The van der Waals surface area contributed by atoms with Crippen LogP contribution in [0.5, 0.6) is 0 Å². The summed E-state index contributed by atoms with van der Waals surface area (Å²) in [7, 11) is 0. The maximum Gasteiger partial charge on any atom is 0.220 e. The van der Waals surface area contributed by atoms with Gasteiger partial charge in [-0.05, 0) is 140 Å². The lowest BCUT2D eigenvalue weighted by Crippen LogP contribution is -2.60. The summed E-state index contributed by atoms with van der Waals surface area (Å²) in [6.07, 6.45) is 10.4. The number of fused-ring (bicyclic) bond motifs is 10. The monoisotopic (exact) mass is 878 g/mol. The van der Waals surface area contributed by atoms with Gasteiger partial charge >= 0.3 is 0 Å². The highest BCUT2D eigenvalue weighted by Crippen LogP contribution is 2.57. The molecule has 0 fully saturated rings. The van der Waals surface area contributed by atoms with Crippen LogP contribution in [0.15, 0.2) is 213 Å². The first-order chi connectivity index (χ1) is 33.6. The largest absolute Gasteiger partial charge is 0.220 e. The maximum atomic E-state index is 2.70. The van der Waals surface area contributed by atoms with Crippen molar-refractivity contribution >= 4 is 21.5 Å². The summed E-state index contributed by atoms with van der Waals surface area (Å²) in [6, 6.07) is 75.8. The van der Waals surface area contributed by atoms with Crippen molar-refractivity contribution in [2.75, 3.05) is 0 Å². The van der Waals surface area contributed by atoms with Gasteiger partial charge in [-0.15, -0.1) is 0 Å². The molecule has 0 saturated carbocycles. The molecular formula is C66H58N2+2. The molecule has 330 valence electrons. The predicted octanol–water partition coefficient (Wildman–Crippen LogP) is 16.3. The van der Waals surface area contributed by atoms with E-state index in [1.165, 1.54) is 118 Å². The molecule has 2 nitrogen and oxygen atoms in total. The zero-order valence-corrected chi connectivity index (χ0v) is 39.5. The van der Waals surface area contributed by atoms with Crippen molar-refractivity contribution in [2.24, 2.45) is 0 Å². The standard InChI is InChI=1S/C66H58N2/c1-4-7-20-47-26-19-31-58-55(47)36-38-68-63(5-2)66(6-3,61-32-17-16-30-59(61)65(58)68)62-44-67-37-35-48-25-14-15-29-56(48)64(67)60-43-51(33-34-57(60)62)49-27-18-28-50(39-49)54-41-52(45-21-10-8-11-22-45)40-53(42-54)46-23-12-9-13-24-46/h8-19,21-43,62-63H,4-7,20,44H2,1-3H3/q+2. The molecule has 2 heteroatoms. The van der Waals surface area contributed by atoms with Gasteiger partial charge < -0.3 is 0 Å². The molecule has 0 bridgehead atoms. The van der Waals surface area contributed by atoms with E-state index in [9.17, 15) is 0 Å². The normalized spacial score (nSPS) is 17.0.